The Morgan fingerprint density at radius 2 is 1.32 bits per heavy atom. The molecule has 0 atom stereocenters. The molecule has 161 valence electrons. The molecule has 1 aliphatic rings. The van der Waals surface area contributed by atoms with E-state index in [9.17, 15) is 0 Å². The van der Waals surface area contributed by atoms with Crippen LogP contribution in [-0.2, 0) is 27.2 Å². The molecule has 1 aromatic rings. The molecule has 0 spiro atoms. The Morgan fingerprint density at radius 3 is 1.89 bits per heavy atom. The summed E-state index contributed by atoms with van der Waals surface area (Å²) in [6.45, 7) is 8.47. The van der Waals surface area contributed by atoms with Crippen LogP contribution in [0.5, 0.6) is 11.5 Å². The Bertz CT molecular complexity index is 519. The fraction of sp³-hybridized carbons (Fsp3) is 0.727. The van der Waals surface area contributed by atoms with Gasteiger partial charge in [0.2, 0.25) is 6.79 Å². The number of ether oxygens (including phenoxy) is 5. The van der Waals surface area contributed by atoms with Gasteiger partial charge < -0.3 is 23.7 Å². The molecule has 5 nitrogen and oxygen atoms in total. The SMILES string of the molecule is CCCCOCCOCCOCc1cc2c(cc1CCC)OCO2.[CH3][Sn]([CH3])[CH3]. The van der Waals surface area contributed by atoms with Crippen LogP contribution in [-0.4, -0.2) is 59.6 Å². The Morgan fingerprint density at radius 1 is 0.786 bits per heavy atom. The van der Waals surface area contributed by atoms with Crippen LogP contribution >= 0.6 is 0 Å². The van der Waals surface area contributed by atoms with Crippen molar-refractivity contribution < 1.29 is 23.7 Å². The van der Waals surface area contributed by atoms with E-state index in [2.05, 4.69) is 34.7 Å². The maximum atomic E-state index is 5.75. The third-order valence-corrected chi connectivity index (χ3v) is 3.86. The predicted octanol–water partition coefficient (Wildman–Crippen LogP) is 5.09. The Balaban J connectivity index is 0.000000892. The minimum absolute atomic E-state index is 0.305. The molecule has 0 saturated carbocycles. The molecule has 0 unspecified atom stereocenters. The summed E-state index contributed by atoms with van der Waals surface area (Å²) in [6.07, 6.45) is 4.38. The zero-order valence-electron chi connectivity index (χ0n) is 18.5. The predicted molar refractivity (Wildman–Crippen MR) is 116 cm³/mol. The average Bonchev–Trinajstić information content (AvgIpc) is 3.10. The van der Waals surface area contributed by atoms with E-state index in [0.717, 1.165) is 43.8 Å². The molecular formula is C22H39O5Sn. The number of benzene rings is 1. The zero-order valence-corrected chi connectivity index (χ0v) is 21.3. The van der Waals surface area contributed by atoms with E-state index in [4.69, 9.17) is 23.7 Å². The standard InChI is InChI=1S/C19H30O5.3CH3.Sn/c1-3-5-7-20-8-9-21-10-11-22-14-17-13-19-18(23-15-24-19)12-16(17)6-4-2;;;;/h12-13H,3-11,14-15H2,1-2H3;3*1H3;. The van der Waals surface area contributed by atoms with Gasteiger partial charge in [0.15, 0.2) is 11.5 Å². The topological polar surface area (TPSA) is 46.2 Å². The van der Waals surface area contributed by atoms with Gasteiger partial charge in [0.05, 0.1) is 33.0 Å². The van der Waals surface area contributed by atoms with Gasteiger partial charge in [-0.15, -0.1) is 0 Å². The van der Waals surface area contributed by atoms with Gasteiger partial charge in [0, 0.05) is 6.61 Å². The number of fused-ring (bicyclic) bond motifs is 1. The molecule has 0 amide bonds. The third kappa shape index (κ3) is 11.5. The summed E-state index contributed by atoms with van der Waals surface area (Å²) in [5, 5.41) is 0. The van der Waals surface area contributed by atoms with Crippen LogP contribution in [0.4, 0.5) is 0 Å². The number of unbranched alkanes of at least 4 members (excludes halogenated alkanes) is 1. The van der Waals surface area contributed by atoms with Gasteiger partial charge in [-0.25, -0.2) is 0 Å². The minimum atomic E-state index is -0.543. The van der Waals surface area contributed by atoms with Crippen molar-refractivity contribution in [2.75, 3.05) is 39.8 Å². The van der Waals surface area contributed by atoms with Crippen LogP contribution in [0.2, 0.25) is 14.8 Å². The van der Waals surface area contributed by atoms with E-state index in [1.807, 2.05) is 6.07 Å². The van der Waals surface area contributed by atoms with E-state index in [1.54, 1.807) is 0 Å². The molecule has 2 rings (SSSR count). The summed E-state index contributed by atoms with van der Waals surface area (Å²) in [7, 11) is 0. The van der Waals surface area contributed by atoms with E-state index < -0.39 is 19.8 Å². The van der Waals surface area contributed by atoms with Crippen molar-refractivity contribution >= 4 is 19.8 Å². The van der Waals surface area contributed by atoms with Gasteiger partial charge in [-0.1, -0.05) is 26.7 Å². The molecule has 28 heavy (non-hydrogen) atoms. The fourth-order valence-corrected chi connectivity index (χ4v) is 2.53. The summed E-state index contributed by atoms with van der Waals surface area (Å²) in [6, 6.07) is 4.12. The van der Waals surface area contributed by atoms with Crippen LogP contribution in [0, 0.1) is 0 Å². The van der Waals surface area contributed by atoms with Gasteiger partial charge in [0.1, 0.15) is 0 Å². The van der Waals surface area contributed by atoms with Crippen molar-refractivity contribution in [3.63, 3.8) is 0 Å². The summed E-state index contributed by atoms with van der Waals surface area (Å²) in [4.78, 5) is 7.09. The number of hydrogen-bond acceptors (Lipinski definition) is 5. The first-order chi connectivity index (χ1) is 13.6. The van der Waals surface area contributed by atoms with Gasteiger partial charge in [-0.3, -0.25) is 0 Å². The number of hydrogen-bond donors (Lipinski definition) is 0. The van der Waals surface area contributed by atoms with Gasteiger partial charge in [-0.2, -0.15) is 0 Å². The molecule has 0 N–H and O–H groups in total. The van der Waals surface area contributed by atoms with E-state index in [1.165, 1.54) is 11.1 Å². The molecule has 0 aliphatic carbocycles. The van der Waals surface area contributed by atoms with Crippen LogP contribution in [0.15, 0.2) is 12.1 Å². The average molecular weight is 502 g/mol. The van der Waals surface area contributed by atoms with Crippen molar-refractivity contribution in [1.82, 2.24) is 0 Å². The third-order valence-electron chi connectivity index (χ3n) is 3.86. The van der Waals surface area contributed by atoms with Gasteiger partial charge >= 0.3 is 34.6 Å². The maximum absolute atomic E-state index is 5.75. The van der Waals surface area contributed by atoms with Crippen LogP contribution in [0.25, 0.3) is 0 Å². The summed E-state index contributed by atoms with van der Waals surface area (Å²) >= 11 is -0.543. The second kappa shape index (κ2) is 16.3. The van der Waals surface area contributed by atoms with Crippen molar-refractivity contribution in [2.24, 2.45) is 0 Å². The molecule has 0 saturated heterocycles. The van der Waals surface area contributed by atoms with Crippen LogP contribution < -0.4 is 9.47 Å². The van der Waals surface area contributed by atoms with Gasteiger partial charge in [-0.05, 0) is 36.1 Å². The molecule has 1 heterocycles. The molecule has 1 radical (unpaired) electrons. The Kier molecular flexibility index (Phi) is 14.9. The Labute approximate surface area is 178 Å². The van der Waals surface area contributed by atoms with Gasteiger partial charge in [0.25, 0.3) is 0 Å². The molecule has 0 aromatic heterocycles. The van der Waals surface area contributed by atoms with Crippen molar-refractivity contribution in [2.45, 2.75) is 61.0 Å². The fourth-order valence-electron chi connectivity index (χ4n) is 2.53. The van der Waals surface area contributed by atoms with Crippen LogP contribution in [0.1, 0.15) is 44.2 Å². The number of rotatable bonds is 13. The van der Waals surface area contributed by atoms with E-state index in [0.29, 0.717) is 39.8 Å². The van der Waals surface area contributed by atoms with Crippen molar-refractivity contribution in [3.8, 4) is 11.5 Å². The van der Waals surface area contributed by atoms with Crippen molar-refractivity contribution in [3.05, 3.63) is 23.3 Å². The molecule has 0 fully saturated rings. The second-order valence-electron chi connectivity index (χ2n) is 7.36. The normalized spacial score (nSPS) is 12.2. The summed E-state index contributed by atoms with van der Waals surface area (Å²) in [5.74, 6) is 1.66. The monoisotopic (exact) mass is 503 g/mol. The zero-order chi connectivity index (χ0) is 20.6. The molecule has 1 aromatic carbocycles. The first kappa shape index (κ1) is 25.5. The molecule has 6 heteroatoms. The van der Waals surface area contributed by atoms with Crippen molar-refractivity contribution in [1.29, 1.82) is 0 Å². The molecule has 0 bridgehead atoms. The van der Waals surface area contributed by atoms with E-state index >= 15 is 0 Å². The van der Waals surface area contributed by atoms with E-state index in [-0.39, 0.29) is 0 Å². The molecular weight excluding hydrogens is 463 g/mol. The second-order valence-corrected chi connectivity index (χ2v) is 15.9. The summed E-state index contributed by atoms with van der Waals surface area (Å²) in [5.41, 5.74) is 2.44. The molecule has 1 aliphatic heterocycles. The first-order valence-corrected chi connectivity index (χ1v) is 19.1. The number of aryl methyl sites for hydroxylation is 1. The van der Waals surface area contributed by atoms with Crippen LogP contribution in [0.3, 0.4) is 0 Å². The Hall–Kier alpha value is -0.501. The first-order valence-electron chi connectivity index (χ1n) is 10.5. The quantitative estimate of drug-likeness (QED) is 0.278. The summed E-state index contributed by atoms with van der Waals surface area (Å²) < 4.78 is 27.6.